The van der Waals surface area contributed by atoms with E-state index in [1.807, 2.05) is 30.5 Å². The molecule has 1 aliphatic rings. The molecular weight excluding hydrogens is 310 g/mol. The minimum atomic E-state index is 0.683. The van der Waals surface area contributed by atoms with E-state index in [-0.39, 0.29) is 0 Å². The predicted molar refractivity (Wildman–Crippen MR) is 102 cm³/mol. The summed E-state index contributed by atoms with van der Waals surface area (Å²) in [6.07, 6.45) is 7.69. The van der Waals surface area contributed by atoms with E-state index in [9.17, 15) is 0 Å². The van der Waals surface area contributed by atoms with Crippen LogP contribution in [0.1, 0.15) is 19.3 Å². The van der Waals surface area contributed by atoms with Gasteiger partial charge in [0.05, 0.1) is 11.2 Å². The van der Waals surface area contributed by atoms with Gasteiger partial charge in [0.15, 0.2) is 0 Å². The largest absolute Gasteiger partial charge is 0.353 e. The Labute approximate surface area is 148 Å². The number of fused-ring (bicyclic) bond motifs is 1. The standard InChI is InChI=1S/C20H23N5/c1-4-11-25(12-5-1)13-10-22-20-21-9-8-19(24-20)17-14-16-6-2-3-7-18(16)23-15-17/h2-3,6-9,14-15H,1,4-5,10-13H2,(H,21,22,24). The van der Waals surface area contributed by atoms with Gasteiger partial charge in [-0.25, -0.2) is 9.97 Å². The lowest BCUT2D eigenvalue weighted by atomic mass is 10.1. The van der Waals surface area contributed by atoms with Gasteiger partial charge in [-0.05, 0) is 44.1 Å². The van der Waals surface area contributed by atoms with Crippen molar-refractivity contribution in [2.24, 2.45) is 0 Å². The Morgan fingerprint density at radius 1 is 1.00 bits per heavy atom. The molecule has 0 spiro atoms. The van der Waals surface area contributed by atoms with Crippen molar-refractivity contribution >= 4 is 16.9 Å². The minimum absolute atomic E-state index is 0.683. The summed E-state index contributed by atoms with van der Waals surface area (Å²) in [6.45, 7) is 4.35. The number of nitrogens with one attached hydrogen (secondary N) is 1. The molecule has 128 valence electrons. The number of hydrogen-bond acceptors (Lipinski definition) is 5. The molecule has 0 amide bonds. The fourth-order valence-corrected chi connectivity index (χ4v) is 3.32. The summed E-state index contributed by atoms with van der Waals surface area (Å²) in [4.78, 5) is 16.0. The summed E-state index contributed by atoms with van der Waals surface area (Å²) in [5.41, 5.74) is 2.91. The monoisotopic (exact) mass is 333 g/mol. The molecule has 5 nitrogen and oxygen atoms in total. The molecule has 1 aliphatic heterocycles. The third kappa shape index (κ3) is 3.94. The fourth-order valence-electron chi connectivity index (χ4n) is 3.32. The number of hydrogen-bond donors (Lipinski definition) is 1. The zero-order valence-electron chi connectivity index (χ0n) is 14.4. The van der Waals surface area contributed by atoms with Crippen LogP contribution in [0.15, 0.2) is 48.8 Å². The van der Waals surface area contributed by atoms with Crippen LogP contribution in [0.4, 0.5) is 5.95 Å². The van der Waals surface area contributed by atoms with Crippen molar-refractivity contribution in [3.63, 3.8) is 0 Å². The first-order valence-electron chi connectivity index (χ1n) is 9.03. The summed E-state index contributed by atoms with van der Waals surface area (Å²) < 4.78 is 0. The molecule has 25 heavy (non-hydrogen) atoms. The van der Waals surface area contributed by atoms with E-state index < -0.39 is 0 Å². The molecule has 2 aromatic heterocycles. The van der Waals surface area contributed by atoms with Crippen LogP contribution in [0.3, 0.4) is 0 Å². The molecule has 4 rings (SSSR count). The molecule has 0 atom stereocenters. The second-order valence-corrected chi connectivity index (χ2v) is 6.51. The highest BCUT2D eigenvalue weighted by atomic mass is 15.2. The van der Waals surface area contributed by atoms with Crippen LogP contribution in [-0.2, 0) is 0 Å². The second-order valence-electron chi connectivity index (χ2n) is 6.51. The Balaban J connectivity index is 1.44. The van der Waals surface area contributed by atoms with E-state index >= 15 is 0 Å². The van der Waals surface area contributed by atoms with Gasteiger partial charge in [-0.15, -0.1) is 0 Å². The Bertz CT molecular complexity index is 842. The Kier molecular flexibility index (Phi) is 4.84. The van der Waals surface area contributed by atoms with Gasteiger partial charge in [-0.3, -0.25) is 4.98 Å². The molecule has 1 N–H and O–H groups in total. The number of nitrogens with zero attached hydrogens (tertiary/aromatic N) is 4. The van der Waals surface area contributed by atoms with Crippen LogP contribution in [0.25, 0.3) is 22.2 Å². The van der Waals surface area contributed by atoms with Gasteiger partial charge in [0, 0.05) is 36.4 Å². The quantitative estimate of drug-likeness (QED) is 0.773. The maximum absolute atomic E-state index is 4.65. The van der Waals surface area contributed by atoms with E-state index in [0.29, 0.717) is 5.95 Å². The smallest absolute Gasteiger partial charge is 0.223 e. The maximum Gasteiger partial charge on any atom is 0.223 e. The summed E-state index contributed by atoms with van der Waals surface area (Å²) >= 11 is 0. The van der Waals surface area contributed by atoms with Crippen molar-refractivity contribution in [3.8, 4) is 11.3 Å². The number of aromatic nitrogens is 3. The molecule has 1 saturated heterocycles. The van der Waals surface area contributed by atoms with Crippen LogP contribution in [0.5, 0.6) is 0 Å². The second kappa shape index (κ2) is 7.57. The van der Waals surface area contributed by atoms with Crippen LogP contribution < -0.4 is 5.32 Å². The zero-order chi connectivity index (χ0) is 16.9. The highest BCUT2D eigenvalue weighted by Gasteiger charge is 2.09. The molecule has 1 aromatic carbocycles. The van der Waals surface area contributed by atoms with Crippen molar-refractivity contribution in [1.29, 1.82) is 0 Å². The van der Waals surface area contributed by atoms with E-state index in [1.165, 1.54) is 32.4 Å². The highest BCUT2D eigenvalue weighted by molar-refractivity contribution is 5.82. The zero-order valence-corrected chi connectivity index (χ0v) is 14.4. The molecule has 5 heteroatoms. The molecule has 3 heterocycles. The number of benzene rings is 1. The van der Waals surface area contributed by atoms with Gasteiger partial charge in [-0.2, -0.15) is 0 Å². The van der Waals surface area contributed by atoms with Gasteiger partial charge in [0.1, 0.15) is 0 Å². The summed E-state index contributed by atoms with van der Waals surface area (Å²) in [7, 11) is 0. The normalized spacial score (nSPS) is 15.4. The fraction of sp³-hybridized carbons (Fsp3) is 0.350. The SMILES string of the molecule is c1ccc2ncc(-c3ccnc(NCCN4CCCCC4)n3)cc2c1. The lowest BCUT2D eigenvalue weighted by Crippen LogP contribution is -2.33. The van der Waals surface area contributed by atoms with Gasteiger partial charge in [0.25, 0.3) is 0 Å². The maximum atomic E-state index is 4.65. The van der Waals surface area contributed by atoms with E-state index in [1.54, 1.807) is 6.20 Å². The number of para-hydroxylation sites is 1. The van der Waals surface area contributed by atoms with Gasteiger partial charge in [-0.1, -0.05) is 24.6 Å². The minimum Gasteiger partial charge on any atom is -0.353 e. The van der Waals surface area contributed by atoms with Crippen molar-refractivity contribution in [2.45, 2.75) is 19.3 Å². The molecular formula is C20H23N5. The van der Waals surface area contributed by atoms with E-state index in [2.05, 4.69) is 37.3 Å². The summed E-state index contributed by atoms with van der Waals surface area (Å²) in [6, 6.07) is 12.2. The van der Waals surface area contributed by atoms with Gasteiger partial charge < -0.3 is 10.2 Å². The lowest BCUT2D eigenvalue weighted by Gasteiger charge is -2.26. The third-order valence-corrected chi connectivity index (χ3v) is 4.70. The summed E-state index contributed by atoms with van der Waals surface area (Å²) in [5.74, 6) is 0.683. The van der Waals surface area contributed by atoms with Crippen LogP contribution >= 0.6 is 0 Å². The summed E-state index contributed by atoms with van der Waals surface area (Å²) in [5, 5.41) is 4.48. The Morgan fingerprint density at radius 2 is 1.88 bits per heavy atom. The number of pyridine rings is 1. The molecule has 0 unspecified atom stereocenters. The molecule has 0 bridgehead atoms. The molecule has 0 radical (unpaired) electrons. The first kappa shape index (κ1) is 16.0. The van der Waals surface area contributed by atoms with Crippen molar-refractivity contribution in [3.05, 3.63) is 48.8 Å². The average molecular weight is 333 g/mol. The van der Waals surface area contributed by atoms with E-state index in [0.717, 1.165) is 35.2 Å². The first-order valence-corrected chi connectivity index (χ1v) is 9.03. The van der Waals surface area contributed by atoms with Crippen LogP contribution in [-0.4, -0.2) is 46.0 Å². The Hall–Kier alpha value is -2.53. The van der Waals surface area contributed by atoms with Crippen LogP contribution in [0, 0.1) is 0 Å². The molecule has 1 fully saturated rings. The number of likely N-dealkylation sites (tertiary alicyclic amines) is 1. The third-order valence-electron chi connectivity index (χ3n) is 4.70. The molecule has 0 saturated carbocycles. The predicted octanol–water partition coefficient (Wildman–Crippen LogP) is 3.59. The first-order chi connectivity index (χ1) is 12.4. The topological polar surface area (TPSA) is 53.9 Å². The van der Waals surface area contributed by atoms with Gasteiger partial charge in [0.2, 0.25) is 5.95 Å². The van der Waals surface area contributed by atoms with Crippen molar-refractivity contribution in [1.82, 2.24) is 19.9 Å². The van der Waals surface area contributed by atoms with E-state index in [4.69, 9.17) is 0 Å². The number of rotatable bonds is 5. The molecule has 3 aromatic rings. The van der Waals surface area contributed by atoms with Crippen LogP contribution in [0.2, 0.25) is 0 Å². The average Bonchev–Trinajstić information content (AvgIpc) is 2.69. The number of anilines is 1. The van der Waals surface area contributed by atoms with Crippen molar-refractivity contribution < 1.29 is 0 Å². The van der Waals surface area contributed by atoms with Gasteiger partial charge >= 0.3 is 0 Å². The Morgan fingerprint density at radius 3 is 2.80 bits per heavy atom. The highest BCUT2D eigenvalue weighted by Crippen LogP contribution is 2.21. The van der Waals surface area contributed by atoms with Crippen molar-refractivity contribution in [2.75, 3.05) is 31.5 Å². The molecule has 0 aliphatic carbocycles. The lowest BCUT2D eigenvalue weighted by molar-refractivity contribution is 0.237. The number of piperidine rings is 1.